The lowest BCUT2D eigenvalue weighted by Crippen LogP contribution is -2.37. The van der Waals surface area contributed by atoms with Crippen molar-refractivity contribution in [1.82, 2.24) is 5.32 Å². The fourth-order valence-electron chi connectivity index (χ4n) is 3.01. The Kier molecular flexibility index (Phi) is 5.49. The van der Waals surface area contributed by atoms with E-state index in [4.69, 9.17) is 9.47 Å². The number of anilines is 1. The highest BCUT2D eigenvalue weighted by atomic mass is 16.6. The van der Waals surface area contributed by atoms with Crippen LogP contribution in [0.25, 0.3) is 0 Å². The summed E-state index contributed by atoms with van der Waals surface area (Å²) in [5, 5.41) is 3.45. The van der Waals surface area contributed by atoms with Crippen LogP contribution >= 0.6 is 0 Å². The fraction of sp³-hybridized carbons (Fsp3) is 0.647. The molecule has 0 spiro atoms. The van der Waals surface area contributed by atoms with Crippen molar-refractivity contribution in [2.24, 2.45) is 0 Å². The monoisotopic (exact) mass is 290 g/mol. The number of hydrogen-bond acceptors (Lipinski definition) is 4. The summed E-state index contributed by atoms with van der Waals surface area (Å²) in [5.74, 6) is 0. The van der Waals surface area contributed by atoms with Gasteiger partial charge in [0.05, 0.1) is 25.9 Å². The van der Waals surface area contributed by atoms with Gasteiger partial charge < -0.3 is 19.7 Å². The Bertz CT molecular complexity index is 409. The van der Waals surface area contributed by atoms with Gasteiger partial charge in [0.25, 0.3) is 0 Å². The standard InChI is InChI=1S/C17H26N2O2/c1-2-8-19(9-3-1)16-6-4-15(5-7-16)12-18-13-17-14-20-10-11-21-17/h4-7,17-18H,1-3,8-14H2. The van der Waals surface area contributed by atoms with Crippen LogP contribution in [0.2, 0.25) is 0 Å². The maximum atomic E-state index is 5.62. The molecule has 1 aromatic carbocycles. The summed E-state index contributed by atoms with van der Waals surface area (Å²) >= 11 is 0. The molecule has 3 rings (SSSR count). The van der Waals surface area contributed by atoms with E-state index >= 15 is 0 Å². The molecule has 0 aromatic heterocycles. The fourth-order valence-corrected chi connectivity index (χ4v) is 3.01. The predicted molar refractivity (Wildman–Crippen MR) is 84.8 cm³/mol. The zero-order valence-corrected chi connectivity index (χ0v) is 12.7. The van der Waals surface area contributed by atoms with Crippen LogP contribution in [0, 0.1) is 0 Å². The van der Waals surface area contributed by atoms with Gasteiger partial charge in [-0.25, -0.2) is 0 Å². The number of ether oxygens (including phenoxy) is 2. The topological polar surface area (TPSA) is 33.7 Å². The Morgan fingerprint density at radius 2 is 1.86 bits per heavy atom. The van der Waals surface area contributed by atoms with Gasteiger partial charge in [0.1, 0.15) is 0 Å². The second kappa shape index (κ2) is 7.78. The molecule has 0 saturated carbocycles. The predicted octanol–water partition coefficient (Wildman–Crippen LogP) is 2.18. The normalized spacial score (nSPS) is 23.2. The molecule has 4 heteroatoms. The van der Waals surface area contributed by atoms with Crippen LogP contribution < -0.4 is 10.2 Å². The minimum absolute atomic E-state index is 0.200. The summed E-state index contributed by atoms with van der Waals surface area (Å²) in [7, 11) is 0. The molecule has 2 aliphatic rings. The second-order valence-corrected chi connectivity index (χ2v) is 5.91. The van der Waals surface area contributed by atoms with Gasteiger partial charge in [0, 0.05) is 31.9 Å². The summed E-state index contributed by atoms with van der Waals surface area (Å²) in [6.07, 6.45) is 4.23. The Morgan fingerprint density at radius 3 is 2.57 bits per heavy atom. The van der Waals surface area contributed by atoms with Gasteiger partial charge in [0.2, 0.25) is 0 Å². The molecule has 1 aromatic rings. The molecule has 0 bridgehead atoms. The highest BCUT2D eigenvalue weighted by Gasteiger charge is 2.13. The zero-order valence-electron chi connectivity index (χ0n) is 12.7. The molecule has 21 heavy (non-hydrogen) atoms. The van der Waals surface area contributed by atoms with Crippen molar-refractivity contribution in [1.29, 1.82) is 0 Å². The molecular weight excluding hydrogens is 264 g/mol. The lowest BCUT2D eigenvalue weighted by atomic mass is 10.1. The van der Waals surface area contributed by atoms with E-state index in [9.17, 15) is 0 Å². The summed E-state index contributed by atoms with van der Waals surface area (Å²) in [6.45, 7) is 6.31. The third-order valence-corrected chi connectivity index (χ3v) is 4.24. The number of nitrogens with zero attached hydrogens (tertiary/aromatic N) is 1. The quantitative estimate of drug-likeness (QED) is 0.901. The summed E-state index contributed by atoms with van der Waals surface area (Å²) in [5.41, 5.74) is 2.69. The number of hydrogen-bond donors (Lipinski definition) is 1. The van der Waals surface area contributed by atoms with Crippen molar-refractivity contribution in [3.8, 4) is 0 Å². The first-order valence-corrected chi connectivity index (χ1v) is 8.16. The minimum Gasteiger partial charge on any atom is -0.376 e. The third-order valence-electron chi connectivity index (χ3n) is 4.24. The summed E-state index contributed by atoms with van der Waals surface area (Å²) in [4.78, 5) is 2.49. The molecule has 1 unspecified atom stereocenters. The van der Waals surface area contributed by atoms with E-state index in [0.29, 0.717) is 6.61 Å². The molecule has 2 heterocycles. The van der Waals surface area contributed by atoms with Crippen LogP contribution in [0.5, 0.6) is 0 Å². The van der Waals surface area contributed by atoms with Gasteiger partial charge in [-0.15, -0.1) is 0 Å². The van der Waals surface area contributed by atoms with E-state index in [2.05, 4.69) is 34.5 Å². The molecule has 116 valence electrons. The number of rotatable bonds is 5. The van der Waals surface area contributed by atoms with Crippen LogP contribution in [0.15, 0.2) is 24.3 Å². The van der Waals surface area contributed by atoms with Gasteiger partial charge in [-0.1, -0.05) is 12.1 Å². The van der Waals surface area contributed by atoms with E-state index in [1.165, 1.54) is 43.6 Å². The lowest BCUT2D eigenvalue weighted by Gasteiger charge is -2.29. The van der Waals surface area contributed by atoms with Crippen molar-refractivity contribution in [2.75, 3.05) is 44.4 Å². The van der Waals surface area contributed by atoms with Crippen LogP contribution in [-0.2, 0) is 16.0 Å². The van der Waals surface area contributed by atoms with Crippen LogP contribution in [0.4, 0.5) is 5.69 Å². The molecule has 1 atom stereocenters. The van der Waals surface area contributed by atoms with Gasteiger partial charge in [-0.05, 0) is 37.0 Å². The maximum absolute atomic E-state index is 5.62. The lowest BCUT2D eigenvalue weighted by molar-refractivity contribution is -0.0864. The summed E-state index contributed by atoms with van der Waals surface area (Å²) in [6, 6.07) is 8.97. The Hall–Kier alpha value is -1.10. The maximum Gasteiger partial charge on any atom is 0.0933 e. The molecule has 0 radical (unpaired) electrons. The van der Waals surface area contributed by atoms with Gasteiger partial charge in [-0.2, -0.15) is 0 Å². The highest BCUT2D eigenvalue weighted by molar-refractivity contribution is 5.47. The van der Waals surface area contributed by atoms with E-state index < -0.39 is 0 Å². The number of benzene rings is 1. The SMILES string of the molecule is c1cc(N2CCCCC2)ccc1CNCC1COCCO1. The van der Waals surface area contributed by atoms with Crippen molar-refractivity contribution >= 4 is 5.69 Å². The molecule has 2 fully saturated rings. The largest absolute Gasteiger partial charge is 0.376 e. The van der Waals surface area contributed by atoms with Gasteiger partial charge in [0.15, 0.2) is 0 Å². The number of nitrogens with one attached hydrogen (secondary N) is 1. The Morgan fingerprint density at radius 1 is 1.05 bits per heavy atom. The molecule has 4 nitrogen and oxygen atoms in total. The van der Waals surface area contributed by atoms with E-state index in [1.807, 2.05) is 0 Å². The average molecular weight is 290 g/mol. The molecule has 0 amide bonds. The van der Waals surface area contributed by atoms with Crippen LogP contribution in [-0.4, -0.2) is 45.6 Å². The van der Waals surface area contributed by atoms with E-state index in [-0.39, 0.29) is 6.10 Å². The molecular formula is C17H26N2O2. The first-order valence-electron chi connectivity index (χ1n) is 8.16. The highest BCUT2D eigenvalue weighted by Crippen LogP contribution is 2.20. The number of piperidine rings is 1. The van der Waals surface area contributed by atoms with Crippen molar-refractivity contribution in [3.05, 3.63) is 29.8 Å². The first-order chi connectivity index (χ1) is 10.4. The molecule has 2 aliphatic heterocycles. The average Bonchev–Trinajstić information content (AvgIpc) is 2.57. The second-order valence-electron chi connectivity index (χ2n) is 5.91. The van der Waals surface area contributed by atoms with Gasteiger partial charge >= 0.3 is 0 Å². The zero-order chi connectivity index (χ0) is 14.3. The van der Waals surface area contributed by atoms with Crippen molar-refractivity contribution in [3.63, 3.8) is 0 Å². The van der Waals surface area contributed by atoms with Crippen LogP contribution in [0.1, 0.15) is 24.8 Å². The van der Waals surface area contributed by atoms with E-state index in [0.717, 1.165) is 26.3 Å². The Balaban J connectivity index is 1.43. The van der Waals surface area contributed by atoms with Crippen molar-refractivity contribution < 1.29 is 9.47 Å². The van der Waals surface area contributed by atoms with Crippen molar-refractivity contribution in [2.45, 2.75) is 31.9 Å². The molecule has 1 N–H and O–H groups in total. The molecule has 0 aliphatic carbocycles. The van der Waals surface area contributed by atoms with E-state index in [1.54, 1.807) is 0 Å². The minimum atomic E-state index is 0.200. The smallest absolute Gasteiger partial charge is 0.0933 e. The third kappa shape index (κ3) is 4.43. The van der Waals surface area contributed by atoms with Crippen LogP contribution in [0.3, 0.4) is 0 Å². The Labute approximate surface area is 127 Å². The first kappa shape index (κ1) is 14.8. The van der Waals surface area contributed by atoms with Gasteiger partial charge in [-0.3, -0.25) is 0 Å². The molecule has 2 saturated heterocycles. The summed E-state index contributed by atoms with van der Waals surface area (Å²) < 4.78 is 11.0.